The zero-order valence-corrected chi connectivity index (χ0v) is 23.5. The van der Waals surface area contributed by atoms with Crippen LogP contribution in [0.1, 0.15) is 57.5 Å². The molecule has 1 aromatic carbocycles. The van der Waals surface area contributed by atoms with Crippen molar-refractivity contribution in [2.45, 2.75) is 32.1 Å². The molecule has 6 rings (SSSR count). The van der Waals surface area contributed by atoms with Crippen LogP contribution in [0.25, 0.3) is 0 Å². The third kappa shape index (κ3) is 6.14. The van der Waals surface area contributed by atoms with Crippen molar-refractivity contribution in [3.05, 3.63) is 59.7 Å². The number of carbonyl (C=O) groups excluding carboxylic acids is 3. The van der Waals surface area contributed by atoms with E-state index in [-0.39, 0.29) is 17.7 Å². The van der Waals surface area contributed by atoms with Crippen molar-refractivity contribution >= 4 is 35.1 Å². The summed E-state index contributed by atoms with van der Waals surface area (Å²) >= 11 is 0. The molecule has 13 nitrogen and oxygen atoms in total. The summed E-state index contributed by atoms with van der Waals surface area (Å²) in [5.41, 5.74) is 2.99. The fraction of sp³-hybridized carbons (Fsp3) is 0.448. The standard InChI is InChI=1S/C29H34N8O5/c1-19-16-30-18-32-25(19)36-11-9-35(10-12-36)24-6-5-21(26(38)31-7-2-8-37-13-14-41-29(37)40)15-22(24)33-27(39)23-17-42-28(34-23)20-3-4-20/h5-6,15-18,20H,2-4,7-14H2,1H3,(H,31,38)(H,33,39). The van der Waals surface area contributed by atoms with Crippen LogP contribution in [-0.2, 0) is 4.74 Å². The number of hydrogen-bond acceptors (Lipinski definition) is 10. The first-order valence-electron chi connectivity index (χ1n) is 14.3. The minimum absolute atomic E-state index is 0.210. The van der Waals surface area contributed by atoms with Gasteiger partial charge in [0, 0.05) is 62.5 Å². The van der Waals surface area contributed by atoms with Crippen LogP contribution in [0.3, 0.4) is 0 Å². The number of carbonyl (C=O) groups is 3. The molecule has 3 fully saturated rings. The van der Waals surface area contributed by atoms with E-state index in [4.69, 9.17) is 9.15 Å². The van der Waals surface area contributed by atoms with E-state index in [9.17, 15) is 14.4 Å². The van der Waals surface area contributed by atoms with Gasteiger partial charge in [-0.15, -0.1) is 0 Å². The van der Waals surface area contributed by atoms with E-state index in [2.05, 4.69) is 35.4 Å². The number of nitrogens with zero attached hydrogens (tertiary/aromatic N) is 6. The van der Waals surface area contributed by atoms with Crippen molar-refractivity contribution in [2.75, 3.05) is 67.5 Å². The Morgan fingerprint density at radius 3 is 2.62 bits per heavy atom. The van der Waals surface area contributed by atoms with Crippen molar-refractivity contribution in [3.63, 3.8) is 0 Å². The summed E-state index contributed by atoms with van der Waals surface area (Å²) in [6.45, 7) is 6.77. The SMILES string of the molecule is Cc1cncnc1N1CCN(c2ccc(C(=O)NCCCN3CCOC3=O)cc2NC(=O)c2coc(C3CC3)n2)CC1. The molecule has 0 spiro atoms. The maximum Gasteiger partial charge on any atom is 0.409 e. The summed E-state index contributed by atoms with van der Waals surface area (Å²) in [6, 6.07) is 5.33. The molecule has 3 aliphatic rings. The lowest BCUT2D eigenvalue weighted by Gasteiger charge is -2.38. The summed E-state index contributed by atoms with van der Waals surface area (Å²) in [7, 11) is 0. The molecule has 3 amide bonds. The van der Waals surface area contributed by atoms with Crippen LogP contribution in [0.2, 0.25) is 0 Å². The van der Waals surface area contributed by atoms with Crippen LogP contribution in [0.4, 0.5) is 22.0 Å². The van der Waals surface area contributed by atoms with E-state index in [0.717, 1.165) is 43.0 Å². The van der Waals surface area contributed by atoms with Gasteiger partial charge >= 0.3 is 6.09 Å². The maximum atomic E-state index is 13.2. The molecular weight excluding hydrogens is 540 g/mol. The van der Waals surface area contributed by atoms with Crippen molar-refractivity contribution in [2.24, 2.45) is 0 Å². The van der Waals surface area contributed by atoms with Crippen molar-refractivity contribution in [1.29, 1.82) is 0 Å². The Morgan fingerprint density at radius 2 is 1.88 bits per heavy atom. The highest BCUT2D eigenvalue weighted by Gasteiger charge is 2.30. The van der Waals surface area contributed by atoms with Gasteiger partial charge in [0.15, 0.2) is 11.6 Å². The third-order valence-corrected chi connectivity index (χ3v) is 7.71. The van der Waals surface area contributed by atoms with Crippen molar-refractivity contribution in [3.8, 4) is 0 Å². The Bertz CT molecular complexity index is 1460. The molecule has 3 aromatic rings. The topological polar surface area (TPSA) is 146 Å². The molecule has 0 unspecified atom stereocenters. The lowest BCUT2D eigenvalue weighted by atomic mass is 10.1. The quantitative estimate of drug-likeness (QED) is 0.347. The Hall–Kier alpha value is -4.68. The van der Waals surface area contributed by atoms with Crippen LogP contribution in [-0.4, -0.2) is 90.2 Å². The average Bonchev–Trinajstić information content (AvgIpc) is 3.59. The highest BCUT2D eigenvalue weighted by Crippen LogP contribution is 2.39. The lowest BCUT2D eigenvalue weighted by molar-refractivity contribution is 0.0951. The molecule has 1 saturated carbocycles. The summed E-state index contributed by atoms with van der Waals surface area (Å²) < 4.78 is 10.5. The predicted octanol–water partition coefficient (Wildman–Crippen LogP) is 2.80. The molecule has 0 atom stereocenters. The molecule has 4 heterocycles. The summed E-state index contributed by atoms with van der Waals surface area (Å²) in [5.74, 6) is 1.15. The van der Waals surface area contributed by atoms with E-state index < -0.39 is 5.91 Å². The normalized spacial score (nSPS) is 16.9. The second-order valence-corrected chi connectivity index (χ2v) is 10.7. The summed E-state index contributed by atoms with van der Waals surface area (Å²) in [6.07, 6.45) is 7.08. The molecule has 0 bridgehead atoms. The molecule has 0 radical (unpaired) electrons. The van der Waals surface area contributed by atoms with E-state index in [0.29, 0.717) is 68.8 Å². The lowest BCUT2D eigenvalue weighted by Crippen LogP contribution is -2.47. The number of nitrogens with one attached hydrogen (secondary N) is 2. The van der Waals surface area contributed by atoms with E-state index in [1.54, 1.807) is 23.4 Å². The van der Waals surface area contributed by atoms with Crippen molar-refractivity contribution in [1.82, 2.24) is 25.2 Å². The highest BCUT2D eigenvalue weighted by molar-refractivity contribution is 6.06. The molecule has 13 heteroatoms. The number of aromatic nitrogens is 3. The molecule has 2 aliphatic heterocycles. The number of cyclic esters (lactones) is 1. The van der Waals surface area contributed by atoms with Gasteiger partial charge < -0.3 is 34.5 Å². The molecule has 2 aromatic heterocycles. The Labute approximate surface area is 243 Å². The summed E-state index contributed by atoms with van der Waals surface area (Å²) in [4.78, 5) is 56.8. The fourth-order valence-corrected chi connectivity index (χ4v) is 5.23. The molecule has 2 saturated heterocycles. The number of oxazole rings is 1. The molecule has 1 aliphatic carbocycles. The average molecular weight is 575 g/mol. The number of rotatable bonds is 10. The molecular formula is C29H34N8O5. The van der Waals surface area contributed by atoms with Gasteiger partial charge in [0.2, 0.25) is 0 Å². The van der Waals surface area contributed by atoms with Crippen LogP contribution in [0.5, 0.6) is 0 Å². The minimum atomic E-state index is -0.391. The first kappa shape index (κ1) is 27.5. The fourth-order valence-electron chi connectivity index (χ4n) is 5.23. The van der Waals surface area contributed by atoms with Gasteiger partial charge in [0.1, 0.15) is 25.0 Å². The largest absolute Gasteiger partial charge is 0.448 e. The molecule has 2 N–H and O–H groups in total. The van der Waals surface area contributed by atoms with Crippen LogP contribution >= 0.6 is 0 Å². The van der Waals surface area contributed by atoms with Gasteiger partial charge in [0.05, 0.1) is 17.9 Å². The van der Waals surface area contributed by atoms with E-state index in [1.165, 1.54) is 6.26 Å². The highest BCUT2D eigenvalue weighted by atomic mass is 16.6. The number of piperazine rings is 1. The zero-order chi connectivity index (χ0) is 29.1. The number of ether oxygens (including phenoxy) is 1. The van der Waals surface area contributed by atoms with Gasteiger partial charge in [-0.25, -0.2) is 19.7 Å². The number of amides is 3. The first-order valence-corrected chi connectivity index (χ1v) is 14.3. The van der Waals surface area contributed by atoms with Gasteiger partial charge in [-0.2, -0.15) is 0 Å². The number of hydrogen-bond donors (Lipinski definition) is 2. The van der Waals surface area contributed by atoms with Gasteiger partial charge in [0.25, 0.3) is 11.8 Å². The van der Waals surface area contributed by atoms with Crippen molar-refractivity contribution < 1.29 is 23.5 Å². The zero-order valence-electron chi connectivity index (χ0n) is 23.5. The first-order chi connectivity index (χ1) is 20.5. The number of benzene rings is 1. The van der Waals surface area contributed by atoms with Crippen LogP contribution in [0.15, 0.2) is 41.4 Å². The maximum absolute atomic E-state index is 13.2. The van der Waals surface area contributed by atoms with Crippen LogP contribution in [0, 0.1) is 6.92 Å². The van der Waals surface area contributed by atoms with Crippen LogP contribution < -0.4 is 20.4 Å². The Balaban J connectivity index is 1.15. The smallest absolute Gasteiger partial charge is 0.409 e. The summed E-state index contributed by atoms with van der Waals surface area (Å²) in [5, 5.41) is 5.89. The molecule has 42 heavy (non-hydrogen) atoms. The third-order valence-electron chi connectivity index (χ3n) is 7.71. The Morgan fingerprint density at radius 1 is 1.07 bits per heavy atom. The molecule has 220 valence electrons. The van der Waals surface area contributed by atoms with E-state index >= 15 is 0 Å². The number of aryl methyl sites for hydroxylation is 1. The second-order valence-electron chi connectivity index (χ2n) is 10.7. The second kappa shape index (κ2) is 12.0. The van der Waals surface area contributed by atoms with Gasteiger partial charge in [-0.05, 0) is 44.4 Å². The monoisotopic (exact) mass is 574 g/mol. The predicted molar refractivity (Wildman–Crippen MR) is 154 cm³/mol. The van der Waals surface area contributed by atoms with E-state index in [1.807, 2.05) is 19.2 Å². The minimum Gasteiger partial charge on any atom is -0.448 e. The van der Waals surface area contributed by atoms with Gasteiger partial charge in [-0.3, -0.25) is 9.59 Å². The Kier molecular flexibility index (Phi) is 7.89. The number of anilines is 3. The van der Waals surface area contributed by atoms with Gasteiger partial charge in [-0.1, -0.05) is 0 Å².